The Kier molecular flexibility index (Phi) is 6.04. The third kappa shape index (κ3) is 3.76. The lowest BCUT2D eigenvalue weighted by Gasteiger charge is -2.54. The van der Waals surface area contributed by atoms with E-state index in [4.69, 9.17) is 27.9 Å². The van der Waals surface area contributed by atoms with Crippen LogP contribution < -0.4 is 0 Å². The number of carbonyl (C=O) groups is 3. The molecule has 0 aromatic carbocycles. The maximum atomic E-state index is 13.6. The van der Waals surface area contributed by atoms with Gasteiger partial charge in [0.2, 0.25) is 5.78 Å². The Morgan fingerprint density at radius 1 is 1.17 bits per heavy atom. The number of halogens is 2. The predicted octanol–water partition coefficient (Wildman–Crippen LogP) is 3.49. The molecule has 8 nitrogen and oxygen atoms in total. The van der Waals surface area contributed by atoms with Gasteiger partial charge in [-0.1, -0.05) is 13.8 Å². The molecular formula is C25H30Cl2N2O6. The van der Waals surface area contributed by atoms with Crippen LogP contribution in [0.2, 0.25) is 0 Å². The van der Waals surface area contributed by atoms with Crippen LogP contribution in [0.1, 0.15) is 87.2 Å². The topological polar surface area (TPSA) is 127 Å². The smallest absolute Gasteiger partial charge is 0.203 e. The Labute approximate surface area is 214 Å². The molecule has 5 atom stereocenters. The van der Waals surface area contributed by atoms with E-state index in [1.54, 1.807) is 20.8 Å². The second-order valence-electron chi connectivity index (χ2n) is 11.3. The highest BCUT2D eigenvalue weighted by Crippen LogP contribution is 2.56. The van der Waals surface area contributed by atoms with E-state index in [-0.39, 0.29) is 34.4 Å². The molecule has 0 radical (unpaired) electrons. The molecular weight excluding hydrogens is 495 g/mol. The minimum absolute atomic E-state index is 0.00127. The monoisotopic (exact) mass is 524 g/mol. The van der Waals surface area contributed by atoms with Crippen molar-refractivity contribution in [2.45, 2.75) is 88.4 Å². The summed E-state index contributed by atoms with van der Waals surface area (Å²) in [5.41, 5.74) is -6.06. The van der Waals surface area contributed by atoms with Gasteiger partial charge in [0.15, 0.2) is 17.2 Å². The number of ether oxygens (including phenoxy) is 1. The molecule has 0 saturated heterocycles. The molecule has 2 N–H and O–H groups in total. The van der Waals surface area contributed by atoms with Crippen molar-refractivity contribution in [3.05, 3.63) is 34.3 Å². The summed E-state index contributed by atoms with van der Waals surface area (Å²) in [6.45, 7) is 9.91. The van der Waals surface area contributed by atoms with Crippen LogP contribution >= 0.6 is 23.2 Å². The number of fused-ring (bicyclic) bond motifs is 1. The van der Waals surface area contributed by atoms with Gasteiger partial charge in [-0.3, -0.25) is 14.4 Å². The third-order valence-electron chi connectivity index (χ3n) is 8.00. The SMILES string of the molecule is CC(=O)c1nncc2c1C(=O)C1=C(OC(C)(C)[C@H](Cl)C1=O)[C@]2(O)C[C@H]1C(C)(C)[C@@H](Cl)CC[C@]1(C)O. The van der Waals surface area contributed by atoms with Gasteiger partial charge in [0.25, 0.3) is 0 Å². The molecule has 2 heterocycles. The van der Waals surface area contributed by atoms with Crippen molar-refractivity contribution < 1.29 is 29.3 Å². The summed E-state index contributed by atoms with van der Waals surface area (Å²) in [5, 5.41) is 30.0. The van der Waals surface area contributed by atoms with Crippen LogP contribution in [0.3, 0.4) is 0 Å². The van der Waals surface area contributed by atoms with Crippen LogP contribution in [-0.2, 0) is 15.1 Å². The van der Waals surface area contributed by atoms with Gasteiger partial charge in [-0.25, -0.2) is 0 Å². The van der Waals surface area contributed by atoms with Crippen LogP contribution in [-0.4, -0.2) is 59.7 Å². The predicted molar refractivity (Wildman–Crippen MR) is 128 cm³/mol. The number of ketones is 3. The van der Waals surface area contributed by atoms with E-state index in [1.807, 2.05) is 13.8 Å². The summed E-state index contributed by atoms with van der Waals surface area (Å²) in [6, 6.07) is 0. The fourth-order valence-electron chi connectivity index (χ4n) is 5.82. The van der Waals surface area contributed by atoms with Crippen molar-refractivity contribution in [3.8, 4) is 0 Å². The third-order valence-corrected chi connectivity index (χ3v) is 9.50. The molecule has 1 aromatic rings. The standard InChI is InChI=1S/C25H30Cl2N2O6/c1-11(30)17-15-12(10-28-29-17)25(34,9-13-22(2,3)14(26)7-8-24(13,6)33)21-16(18(15)31)19(32)20(27)23(4,5)35-21/h10,13-14,20,33-34H,7-9H2,1-6H3/t13-,14-,20+,24-,25-/m0/s1. The molecule has 4 rings (SSSR count). The zero-order chi connectivity index (χ0) is 26.3. The van der Waals surface area contributed by atoms with E-state index in [0.29, 0.717) is 12.8 Å². The summed E-state index contributed by atoms with van der Waals surface area (Å²) in [7, 11) is 0. The zero-order valence-corrected chi connectivity index (χ0v) is 22.1. The van der Waals surface area contributed by atoms with Gasteiger partial charge in [-0.2, -0.15) is 5.10 Å². The summed E-state index contributed by atoms with van der Waals surface area (Å²) < 4.78 is 6.12. The Bertz CT molecular complexity index is 1170. The lowest BCUT2D eigenvalue weighted by atomic mass is 9.57. The van der Waals surface area contributed by atoms with Crippen LogP contribution in [0.4, 0.5) is 0 Å². The first-order chi connectivity index (χ1) is 16.0. The number of aromatic nitrogens is 2. The highest BCUT2D eigenvalue weighted by molar-refractivity contribution is 6.42. The molecule has 3 aliphatic rings. The van der Waals surface area contributed by atoms with Gasteiger partial charge in [0, 0.05) is 17.9 Å². The number of rotatable bonds is 3. The number of aliphatic hydroxyl groups is 2. The second kappa shape index (κ2) is 8.07. The Balaban J connectivity index is 2.02. The average Bonchev–Trinajstić information content (AvgIpc) is 2.76. The van der Waals surface area contributed by atoms with E-state index in [2.05, 4.69) is 10.2 Å². The van der Waals surface area contributed by atoms with Crippen LogP contribution in [0.5, 0.6) is 0 Å². The van der Waals surface area contributed by atoms with E-state index in [1.165, 1.54) is 13.1 Å². The number of hydrogen-bond donors (Lipinski definition) is 2. The van der Waals surface area contributed by atoms with Crippen molar-refractivity contribution in [1.82, 2.24) is 10.2 Å². The number of hydrogen-bond acceptors (Lipinski definition) is 8. The summed E-state index contributed by atoms with van der Waals surface area (Å²) in [6.07, 6.45) is 2.04. The molecule has 0 bridgehead atoms. The molecule has 2 aliphatic carbocycles. The van der Waals surface area contributed by atoms with E-state index in [0.717, 1.165) is 0 Å². The fourth-order valence-corrected chi connectivity index (χ4v) is 6.23. The van der Waals surface area contributed by atoms with Crippen molar-refractivity contribution in [2.24, 2.45) is 11.3 Å². The Morgan fingerprint density at radius 3 is 2.40 bits per heavy atom. The molecule has 0 spiro atoms. The summed E-state index contributed by atoms with van der Waals surface area (Å²) in [5.74, 6) is -2.88. The Hall–Kier alpha value is -1.87. The largest absolute Gasteiger partial charge is 0.486 e. The lowest BCUT2D eigenvalue weighted by molar-refractivity contribution is -0.142. The summed E-state index contributed by atoms with van der Waals surface area (Å²) in [4.78, 5) is 39.4. The van der Waals surface area contributed by atoms with Gasteiger partial charge in [0.05, 0.1) is 17.4 Å². The molecule has 1 aliphatic heterocycles. The lowest BCUT2D eigenvalue weighted by Crippen LogP contribution is -2.57. The van der Waals surface area contributed by atoms with Crippen molar-refractivity contribution in [2.75, 3.05) is 0 Å². The van der Waals surface area contributed by atoms with Gasteiger partial charge in [0.1, 0.15) is 28.0 Å². The maximum Gasteiger partial charge on any atom is 0.203 e. The Morgan fingerprint density at radius 2 is 1.80 bits per heavy atom. The van der Waals surface area contributed by atoms with E-state index >= 15 is 0 Å². The number of alkyl halides is 2. The molecule has 35 heavy (non-hydrogen) atoms. The molecule has 0 amide bonds. The van der Waals surface area contributed by atoms with E-state index in [9.17, 15) is 24.6 Å². The first-order valence-corrected chi connectivity index (χ1v) is 12.5. The first-order valence-electron chi connectivity index (χ1n) is 11.6. The highest BCUT2D eigenvalue weighted by Gasteiger charge is 2.60. The van der Waals surface area contributed by atoms with Crippen molar-refractivity contribution in [1.29, 1.82) is 0 Å². The summed E-state index contributed by atoms with van der Waals surface area (Å²) >= 11 is 13.1. The van der Waals surface area contributed by atoms with Crippen LogP contribution in [0.25, 0.3) is 0 Å². The number of carbonyl (C=O) groups excluding carboxylic acids is 3. The van der Waals surface area contributed by atoms with Gasteiger partial charge < -0.3 is 14.9 Å². The number of Topliss-reactive ketones (excluding diaryl/α,β-unsaturated/α-hetero) is 3. The van der Waals surface area contributed by atoms with Crippen molar-refractivity contribution in [3.63, 3.8) is 0 Å². The number of allylic oxidation sites excluding steroid dienone is 1. The minimum Gasteiger partial charge on any atom is -0.486 e. The minimum atomic E-state index is -2.08. The molecule has 0 unspecified atom stereocenters. The fraction of sp³-hybridized carbons (Fsp3) is 0.640. The number of nitrogens with zero attached hydrogens (tertiary/aromatic N) is 2. The molecule has 1 aromatic heterocycles. The van der Waals surface area contributed by atoms with Gasteiger partial charge >= 0.3 is 0 Å². The highest BCUT2D eigenvalue weighted by atomic mass is 35.5. The van der Waals surface area contributed by atoms with Crippen LogP contribution in [0.15, 0.2) is 17.5 Å². The normalized spacial score (nSPS) is 35.8. The molecule has 190 valence electrons. The van der Waals surface area contributed by atoms with Crippen molar-refractivity contribution >= 4 is 40.6 Å². The average molecular weight is 525 g/mol. The molecule has 1 saturated carbocycles. The van der Waals surface area contributed by atoms with Gasteiger partial charge in [-0.05, 0) is 51.4 Å². The maximum absolute atomic E-state index is 13.6. The van der Waals surface area contributed by atoms with Gasteiger partial charge in [-0.15, -0.1) is 28.3 Å². The first kappa shape index (κ1) is 26.2. The molecule has 1 fully saturated rings. The van der Waals surface area contributed by atoms with Crippen LogP contribution in [0, 0.1) is 11.3 Å². The second-order valence-corrected chi connectivity index (χ2v) is 12.3. The van der Waals surface area contributed by atoms with E-state index < -0.39 is 56.4 Å². The molecule has 10 heteroatoms. The zero-order valence-electron chi connectivity index (χ0n) is 20.6. The quantitative estimate of drug-likeness (QED) is 0.349.